The van der Waals surface area contributed by atoms with Gasteiger partial charge in [-0.05, 0) is 25.5 Å². The first kappa shape index (κ1) is 13.6. The van der Waals surface area contributed by atoms with Crippen molar-refractivity contribution in [2.45, 2.75) is 26.4 Å². The van der Waals surface area contributed by atoms with Crippen LogP contribution in [0, 0.1) is 0 Å². The van der Waals surface area contributed by atoms with Crippen LogP contribution in [0.3, 0.4) is 0 Å². The fraction of sp³-hybridized carbons (Fsp3) is 0.400. The van der Waals surface area contributed by atoms with Crippen LogP contribution in [0.15, 0.2) is 29.3 Å². The van der Waals surface area contributed by atoms with Crippen LogP contribution in [0.4, 0.5) is 5.69 Å². The van der Waals surface area contributed by atoms with Gasteiger partial charge in [-0.3, -0.25) is 9.13 Å². The van der Waals surface area contributed by atoms with Crippen molar-refractivity contribution in [3.8, 4) is 11.5 Å². The number of aromatic nitrogens is 2. The zero-order valence-electron chi connectivity index (χ0n) is 12.2. The first-order valence-electron chi connectivity index (χ1n) is 7.01. The average Bonchev–Trinajstić information content (AvgIpc) is 2.81. The van der Waals surface area contributed by atoms with Crippen LogP contribution in [0.25, 0.3) is 0 Å². The van der Waals surface area contributed by atoms with Crippen molar-refractivity contribution in [3.05, 3.63) is 40.6 Å². The van der Waals surface area contributed by atoms with E-state index in [2.05, 4.69) is 0 Å². The lowest BCUT2D eigenvalue weighted by atomic mass is 10.1. The highest BCUT2D eigenvalue weighted by Crippen LogP contribution is 2.34. The number of ether oxygens (including phenoxy) is 2. The summed E-state index contributed by atoms with van der Waals surface area (Å²) in [7, 11) is 0. The van der Waals surface area contributed by atoms with Gasteiger partial charge in [0, 0.05) is 30.2 Å². The molecule has 2 aromatic rings. The molecule has 0 saturated heterocycles. The third kappa shape index (κ3) is 2.49. The van der Waals surface area contributed by atoms with E-state index in [1.54, 1.807) is 27.6 Å². The fourth-order valence-electron chi connectivity index (χ4n) is 2.41. The molecule has 21 heavy (non-hydrogen) atoms. The molecule has 112 valence electrons. The van der Waals surface area contributed by atoms with Crippen molar-refractivity contribution < 1.29 is 9.47 Å². The van der Waals surface area contributed by atoms with Gasteiger partial charge in [-0.2, -0.15) is 0 Å². The van der Waals surface area contributed by atoms with E-state index in [9.17, 15) is 4.79 Å². The first-order valence-corrected chi connectivity index (χ1v) is 7.01. The van der Waals surface area contributed by atoms with Gasteiger partial charge in [0.25, 0.3) is 0 Å². The Hall–Kier alpha value is -2.37. The third-order valence-corrected chi connectivity index (χ3v) is 3.57. The number of nitrogens with two attached hydrogens (primary N) is 1. The lowest BCUT2D eigenvalue weighted by Gasteiger charge is -2.20. The van der Waals surface area contributed by atoms with Crippen molar-refractivity contribution in [1.82, 2.24) is 9.13 Å². The van der Waals surface area contributed by atoms with Crippen LogP contribution in [0.5, 0.6) is 11.5 Å². The molecule has 0 amide bonds. The first-order chi connectivity index (χ1) is 10.1. The van der Waals surface area contributed by atoms with Gasteiger partial charge < -0.3 is 15.2 Å². The highest BCUT2D eigenvalue weighted by atomic mass is 16.6. The SMILES string of the molecule is CC(C)n1ccn(Cc2cc3c(cc2N)OCCO3)c1=O. The number of hydrogen-bond acceptors (Lipinski definition) is 4. The highest BCUT2D eigenvalue weighted by molar-refractivity contribution is 5.58. The number of benzene rings is 1. The fourth-order valence-corrected chi connectivity index (χ4v) is 2.41. The molecule has 1 aromatic carbocycles. The van der Waals surface area contributed by atoms with Gasteiger partial charge in [-0.15, -0.1) is 0 Å². The minimum absolute atomic E-state index is 0.0423. The number of imidazole rings is 1. The van der Waals surface area contributed by atoms with Gasteiger partial charge in [-0.25, -0.2) is 4.79 Å². The Bertz CT molecular complexity index is 715. The second-order valence-corrected chi connectivity index (χ2v) is 5.40. The average molecular weight is 289 g/mol. The van der Waals surface area contributed by atoms with Crippen molar-refractivity contribution in [3.63, 3.8) is 0 Å². The van der Waals surface area contributed by atoms with Crippen molar-refractivity contribution in [2.24, 2.45) is 0 Å². The Morgan fingerprint density at radius 2 is 1.86 bits per heavy atom. The number of rotatable bonds is 3. The molecule has 2 N–H and O–H groups in total. The minimum Gasteiger partial charge on any atom is -0.486 e. The molecule has 0 radical (unpaired) electrons. The monoisotopic (exact) mass is 289 g/mol. The standard InChI is InChI=1S/C15H19N3O3/c1-10(2)18-4-3-17(15(18)19)9-11-7-13-14(8-12(11)16)21-6-5-20-13/h3-4,7-8,10H,5-6,9,16H2,1-2H3. The highest BCUT2D eigenvalue weighted by Gasteiger charge is 2.15. The number of nitrogens with zero attached hydrogens (tertiary/aromatic N) is 2. The maximum absolute atomic E-state index is 12.2. The number of hydrogen-bond donors (Lipinski definition) is 1. The molecule has 6 heteroatoms. The van der Waals surface area contributed by atoms with E-state index in [0.29, 0.717) is 36.9 Å². The summed E-state index contributed by atoms with van der Waals surface area (Å²) in [4.78, 5) is 12.2. The molecular weight excluding hydrogens is 270 g/mol. The van der Waals surface area contributed by atoms with Crippen LogP contribution in [0.2, 0.25) is 0 Å². The van der Waals surface area contributed by atoms with Gasteiger partial charge in [0.2, 0.25) is 0 Å². The van der Waals surface area contributed by atoms with Crippen LogP contribution >= 0.6 is 0 Å². The molecule has 2 heterocycles. The lowest BCUT2D eigenvalue weighted by Crippen LogP contribution is -2.26. The topological polar surface area (TPSA) is 71.4 Å². The second-order valence-electron chi connectivity index (χ2n) is 5.40. The molecule has 0 atom stereocenters. The Morgan fingerprint density at radius 3 is 2.48 bits per heavy atom. The van der Waals surface area contributed by atoms with E-state index in [4.69, 9.17) is 15.2 Å². The minimum atomic E-state index is -0.0423. The Kier molecular flexibility index (Phi) is 3.37. The van der Waals surface area contributed by atoms with E-state index in [0.717, 1.165) is 5.56 Å². The largest absolute Gasteiger partial charge is 0.486 e. The van der Waals surface area contributed by atoms with E-state index in [1.165, 1.54) is 0 Å². The summed E-state index contributed by atoms with van der Waals surface area (Å²) < 4.78 is 14.4. The van der Waals surface area contributed by atoms with Gasteiger partial charge in [0.15, 0.2) is 11.5 Å². The molecule has 6 nitrogen and oxygen atoms in total. The smallest absolute Gasteiger partial charge is 0.328 e. The van der Waals surface area contributed by atoms with Crippen LogP contribution in [-0.2, 0) is 6.54 Å². The molecule has 1 aromatic heterocycles. The predicted octanol–water partition coefficient (Wildman–Crippen LogP) is 1.63. The maximum Gasteiger partial charge on any atom is 0.328 e. The molecule has 1 aliphatic rings. The summed E-state index contributed by atoms with van der Waals surface area (Å²) in [6.45, 7) is 5.43. The molecular formula is C15H19N3O3. The van der Waals surface area contributed by atoms with Crippen LogP contribution in [0.1, 0.15) is 25.5 Å². The van der Waals surface area contributed by atoms with E-state index in [1.807, 2.05) is 19.9 Å². The second kappa shape index (κ2) is 5.20. The molecule has 0 saturated carbocycles. The summed E-state index contributed by atoms with van der Waals surface area (Å²) in [6, 6.07) is 3.74. The zero-order valence-corrected chi connectivity index (χ0v) is 12.2. The quantitative estimate of drug-likeness (QED) is 0.872. The van der Waals surface area contributed by atoms with Gasteiger partial charge in [0.1, 0.15) is 13.2 Å². The van der Waals surface area contributed by atoms with Crippen molar-refractivity contribution >= 4 is 5.69 Å². The predicted molar refractivity (Wildman–Crippen MR) is 80.0 cm³/mol. The van der Waals surface area contributed by atoms with Gasteiger partial charge in [-0.1, -0.05) is 0 Å². The zero-order chi connectivity index (χ0) is 15.0. The summed E-state index contributed by atoms with van der Waals surface area (Å²) in [6.07, 6.45) is 3.57. The summed E-state index contributed by atoms with van der Waals surface area (Å²) in [5.74, 6) is 1.34. The molecule has 0 aliphatic carbocycles. The molecule has 0 fully saturated rings. The molecule has 0 bridgehead atoms. The maximum atomic E-state index is 12.2. The van der Waals surface area contributed by atoms with Gasteiger partial charge >= 0.3 is 5.69 Å². The molecule has 3 rings (SSSR count). The molecule has 0 spiro atoms. The summed E-state index contributed by atoms with van der Waals surface area (Å²) in [5.41, 5.74) is 7.46. The van der Waals surface area contributed by atoms with Crippen LogP contribution in [-0.4, -0.2) is 22.3 Å². The normalized spacial score (nSPS) is 13.7. The lowest BCUT2D eigenvalue weighted by molar-refractivity contribution is 0.171. The van der Waals surface area contributed by atoms with Crippen LogP contribution < -0.4 is 20.9 Å². The Morgan fingerprint density at radius 1 is 1.19 bits per heavy atom. The third-order valence-electron chi connectivity index (χ3n) is 3.57. The van der Waals surface area contributed by atoms with Crippen molar-refractivity contribution in [2.75, 3.05) is 18.9 Å². The Balaban J connectivity index is 1.93. The summed E-state index contributed by atoms with van der Waals surface area (Å²) in [5, 5.41) is 0. The number of nitrogen functional groups attached to an aromatic ring is 1. The number of anilines is 1. The molecule has 0 unspecified atom stereocenters. The van der Waals surface area contributed by atoms with E-state index >= 15 is 0 Å². The Labute approximate surface area is 122 Å². The number of fused-ring (bicyclic) bond motifs is 1. The molecule has 1 aliphatic heterocycles. The van der Waals surface area contributed by atoms with Crippen molar-refractivity contribution in [1.29, 1.82) is 0 Å². The van der Waals surface area contributed by atoms with E-state index in [-0.39, 0.29) is 11.7 Å². The van der Waals surface area contributed by atoms with E-state index < -0.39 is 0 Å². The van der Waals surface area contributed by atoms with Gasteiger partial charge in [0.05, 0.1) is 6.54 Å². The summed E-state index contributed by atoms with van der Waals surface area (Å²) >= 11 is 0.